The minimum atomic E-state index is -0.388. The summed E-state index contributed by atoms with van der Waals surface area (Å²) in [5, 5.41) is 15.4. The maximum absolute atomic E-state index is 13.0. The van der Waals surface area contributed by atoms with Crippen LogP contribution in [0.4, 0.5) is 17.1 Å². The summed E-state index contributed by atoms with van der Waals surface area (Å²) in [5.41, 5.74) is 6.87. The number of anilines is 3. The number of fused-ring (bicyclic) bond motifs is 3. The average molecular weight is 624 g/mol. The van der Waals surface area contributed by atoms with Gasteiger partial charge in [-0.25, -0.2) is 0 Å². The summed E-state index contributed by atoms with van der Waals surface area (Å²) < 4.78 is 14.7. The number of amides is 2. The molecule has 9 nitrogen and oxygen atoms in total. The Labute approximate surface area is 271 Å². The first-order chi connectivity index (χ1) is 23.1. The predicted octanol–water partition coefficient (Wildman–Crippen LogP) is 7.70. The molecule has 4 heterocycles. The van der Waals surface area contributed by atoms with Crippen molar-refractivity contribution in [1.29, 1.82) is 0 Å². The highest BCUT2D eigenvalue weighted by molar-refractivity contribution is 6.00. The molecule has 47 heavy (non-hydrogen) atoms. The van der Waals surface area contributed by atoms with Crippen LogP contribution in [0, 0.1) is 0 Å². The Kier molecular flexibility index (Phi) is 7.41. The Morgan fingerprint density at radius 3 is 2.43 bits per heavy atom. The Morgan fingerprint density at radius 1 is 0.787 bits per heavy atom. The van der Waals surface area contributed by atoms with Crippen molar-refractivity contribution in [2.24, 2.45) is 0 Å². The molecule has 9 heteroatoms. The van der Waals surface area contributed by atoms with E-state index in [9.17, 15) is 9.59 Å². The number of carbonyl (C=O) groups is 2. The van der Waals surface area contributed by atoms with E-state index in [1.165, 1.54) is 5.56 Å². The van der Waals surface area contributed by atoms with Crippen LogP contribution < -0.4 is 20.7 Å². The molecule has 0 spiro atoms. The molecule has 6 aromatic rings. The van der Waals surface area contributed by atoms with Crippen LogP contribution in [-0.2, 0) is 16.1 Å². The summed E-state index contributed by atoms with van der Waals surface area (Å²) in [5.74, 6) is 1.10. The summed E-state index contributed by atoms with van der Waals surface area (Å²) in [7, 11) is 0. The molecule has 2 aromatic heterocycles. The minimum Gasteiger partial charge on any atom is -0.487 e. The van der Waals surface area contributed by atoms with Gasteiger partial charge < -0.3 is 25.1 Å². The second-order valence-electron chi connectivity index (χ2n) is 12.1. The highest BCUT2D eigenvalue weighted by atomic mass is 16.5. The topological polar surface area (TPSA) is 110 Å². The largest absolute Gasteiger partial charge is 0.487 e. The van der Waals surface area contributed by atoms with Crippen molar-refractivity contribution in [3.63, 3.8) is 0 Å². The molecular formula is C38H33N5O4. The quantitative estimate of drug-likeness (QED) is 0.168. The predicted molar refractivity (Wildman–Crippen MR) is 182 cm³/mol. The maximum Gasteiger partial charge on any atom is 0.228 e. The summed E-state index contributed by atoms with van der Waals surface area (Å²) in [6, 6.07) is 31.5. The highest BCUT2D eigenvalue weighted by Crippen LogP contribution is 2.42. The van der Waals surface area contributed by atoms with Crippen LogP contribution in [0.1, 0.15) is 31.2 Å². The third-order valence-corrected chi connectivity index (χ3v) is 8.77. The monoisotopic (exact) mass is 623 g/mol. The fourth-order valence-corrected chi connectivity index (χ4v) is 6.50. The van der Waals surface area contributed by atoms with E-state index >= 15 is 0 Å². The molecule has 2 aliphatic heterocycles. The number of benzene rings is 4. The number of furan rings is 1. The molecule has 234 valence electrons. The third kappa shape index (κ3) is 5.95. The number of aromatic nitrogens is 2. The molecule has 0 unspecified atom stereocenters. The molecule has 0 radical (unpaired) electrons. The summed E-state index contributed by atoms with van der Waals surface area (Å²) in [6.07, 6.45) is 5.18. The zero-order valence-electron chi connectivity index (χ0n) is 25.6. The molecule has 0 aliphatic carbocycles. The van der Waals surface area contributed by atoms with Crippen molar-refractivity contribution in [3.05, 3.63) is 115 Å². The molecule has 0 saturated carbocycles. The number of nitrogens with one attached hydrogen (secondary N) is 3. The molecule has 2 atom stereocenters. The fourth-order valence-electron chi connectivity index (χ4n) is 6.50. The van der Waals surface area contributed by atoms with Crippen LogP contribution in [0.3, 0.4) is 0 Å². The lowest BCUT2D eigenvalue weighted by Gasteiger charge is -2.22. The molecule has 0 saturated heterocycles. The van der Waals surface area contributed by atoms with Crippen LogP contribution in [0.5, 0.6) is 5.75 Å². The molecule has 2 amide bonds. The van der Waals surface area contributed by atoms with Gasteiger partial charge in [-0.1, -0.05) is 66.7 Å². The third-order valence-electron chi connectivity index (χ3n) is 8.77. The van der Waals surface area contributed by atoms with E-state index < -0.39 is 0 Å². The van der Waals surface area contributed by atoms with Crippen LogP contribution in [0.15, 0.2) is 114 Å². The molecule has 0 fully saturated rings. The first-order valence-electron chi connectivity index (χ1n) is 15.9. The zero-order valence-corrected chi connectivity index (χ0v) is 25.6. The number of nitrogens with zero attached hydrogens (tertiary/aromatic N) is 2. The number of hydrogen-bond acceptors (Lipinski definition) is 6. The first-order valence-corrected chi connectivity index (χ1v) is 15.9. The van der Waals surface area contributed by atoms with Gasteiger partial charge in [0.25, 0.3) is 0 Å². The van der Waals surface area contributed by atoms with Gasteiger partial charge in [-0.15, -0.1) is 0 Å². The van der Waals surface area contributed by atoms with Gasteiger partial charge in [0.2, 0.25) is 11.8 Å². The molecule has 3 N–H and O–H groups in total. The van der Waals surface area contributed by atoms with E-state index in [-0.39, 0.29) is 30.4 Å². The van der Waals surface area contributed by atoms with E-state index in [1.54, 1.807) is 0 Å². The summed E-state index contributed by atoms with van der Waals surface area (Å²) in [6.45, 7) is 0.665. The average Bonchev–Trinajstić information content (AvgIpc) is 3.63. The van der Waals surface area contributed by atoms with Crippen molar-refractivity contribution in [3.8, 4) is 28.2 Å². The number of hydrogen-bond donors (Lipinski definition) is 3. The summed E-state index contributed by atoms with van der Waals surface area (Å²) in [4.78, 5) is 26.0. The normalized spacial score (nSPS) is 17.4. The summed E-state index contributed by atoms with van der Waals surface area (Å²) >= 11 is 0. The van der Waals surface area contributed by atoms with Gasteiger partial charge in [0, 0.05) is 35.2 Å². The standard InChI is InChI=1S/C38H33N5O4/c44-35-19-27(40-37-29(11-6-13-31(37)41-35)26-21-39-43(23-26)22-24-8-2-1-3-9-24)16-17-28-20-36(45)42-32-14-7-12-30(38(32)46-28)34-18-25-10-4-5-15-33(25)47-34/h1-15,18,21,23,27-28,40H,16-17,19-20,22H2,(H,41,44)(H,42,45)/t27-,28-/m1/s1. The first kappa shape index (κ1) is 28.6. The smallest absolute Gasteiger partial charge is 0.228 e. The highest BCUT2D eigenvalue weighted by Gasteiger charge is 2.29. The Bertz CT molecular complexity index is 2070. The number of para-hydroxylation sites is 3. The van der Waals surface area contributed by atoms with Gasteiger partial charge in [0.05, 0.1) is 41.8 Å². The number of rotatable bonds is 7. The van der Waals surface area contributed by atoms with Crippen molar-refractivity contribution >= 4 is 39.8 Å². The fraction of sp³-hybridized carbons (Fsp3) is 0.184. The Hall–Kier alpha value is -5.83. The van der Waals surface area contributed by atoms with E-state index in [4.69, 9.17) is 9.15 Å². The SMILES string of the molecule is O=C1C[C@@H](CC[C@@H]2CC(=O)Nc3cccc(-c4cc5ccccc5o4)c3O2)Nc2c(cccc2-c2cnn(Cc3ccccc3)c2)N1. The van der Waals surface area contributed by atoms with E-state index in [2.05, 4.69) is 33.2 Å². The van der Waals surface area contributed by atoms with Crippen molar-refractivity contribution in [2.45, 2.75) is 44.4 Å². The molecule has 4 aromatic carbocycles. The van der Waals surface area contributed by atoms with Crippen molar-refractivity contribution in [2.75, 3.05) is 16.0 Å². The molecule has 2 aliphatic rings. The molecular weight excluding hydrogens is 590 g/mol. The lowest BCUT2D eigenvalue weighted by Crippen LogP contribution is -2.27. The second-order valence-corrected chi connectivity index (χ2v) is 12.1. The Morgan fingerprint density at radius 2 is 1.55 bits per heavy atom. The number of ether oxygens (including phenoxy) is 1. The van der Waals surface area contributed by atoms with E-state index in [1.807, 2.05) is 102 Å². The lowest BCUT2D eigenvalue weighted by atomic mass is 10.0. The Balaban J connectivity index is 1.02. The van der Waals surface area contributed by atoms with Crippen LogP contribution in [0.2, 0.25) is 0 Å². The van der Waals surface area contributed by atoms with Crippen LogP contribution in [0.25, 0.3) is 33.4 Å². The van der Waals surface area contributed by atoms with E-state index in [0.717, 1.165) is 39.0 Å². The van der Waals surface area contributed by atoms with Gasteiger partial charge in [-0.05, 0) is 48.7 Å². The number of carbonyl (C=O) groups excluding carboxylic acids is 2. The van der Waals surface area contributed by atoms with E-state index in [0.29, 0.717) is 43.0 Å². The van der Waals surface area contributed by atoms with Gasteiger partial charge in [-0.2, -0.15) is 5.10 Å². The zero-order chi connectivity index (χ0) is 31.7. The lowest BCUT2D eigenvalue weighted by molar-refractivity contribution is -0.118. The van der Waals surface area contributed by atoms with Gasteiger partial charge in [-0.3, -0.25) is 14.3 Å². The minimum absolute atomic E-state index is 0.0600. The second kappa shape index (κ2) is 12.2. The molecule has 0 bridgehead atoms. The van der Waals surface area contributed by atoms with Gasteiger partial charge >= 0.3 is 0 Å². The van der Waals surface area contributed by atoms with Crippen LogP contribution in [-0.4, -0.2) is 33.7 Å². The van der Waals surface area contributed by atoms with Crippen molar-refractivity contribution < 1.29 is 18.7 Å². The van der Waals surface area contributed by atoms with Crippen LogP contribution >= 0.6 is 0 Å². The maximum atomic E-state index is 13.0. The molecule has 8 rings (SSSR count). The van der Waals surface area contributed by atoms with Gasteiger partial charge in [0.15, 0.2) is 5.75 Å². The van der Waals surface area contributed by atoms with Crippen molar-refractivity contribution in [1.82, 2.24) is 9.78 Å². The van der Waals surface area contributed by atoms with Gasteiger partial charge in [0.1, 0.15) is 17.4 Å².